The molecular weight excluding hydrogens is 287 g/mol. The van der Waals surface area contributed by atoms with Gasteiger partial charge in [-0.1, -0.05) is 36.2 Å². The molecule has 0 saturated heterocycles. The Balaban J connectivity index is 2.37. The second-order valence-corrected chi connectivity index (χ2v) is 6.13. The van der Waals surface area contributed by atoms with Crippen LogP contribution < -0.4 is 5.73 Å². The third-order valence-corrected chi connectivity index (χ3v) is 4.47. The minimum absolute atomic E-state index is 0.293. The highest BCUT2D eigenvalue weighted by Gasteiger charge is 2.17. The second-order valence-electron chi connectivity index (χ2n) is 4.05. The Kier molecular flexibility index (Phi) is 4.28. The van der Waals surface area contributed by atoms with E-state index in [4.69, 9.17) is 28.9 Å². The molecule has 2 nitrogen and oxygen atoms in total. The van der Waals surface area contributed by atoms with Crippen LogP contribution in [0.1, 0.15) is 34.1 Å². The summed E-state index contributed by atoms with van der Waals surface area (Å²) < 4.78 is 0. The molecular formula is C13H14Cl2N2S. The van der Waals surface area contributed by atoms with Gasteiger partial charge >= 0.3 is 0 Å². The van der Waals surface area contributed by atoms with E-state index >= 15 is 0 Å². The van der Waals surface area contributed by atoms with Crippen LogP contribution in [0.4, 0.5) is 0 Å². The summed E-state index contributed by atoms with van der Waals surface area (Å²) in [7, 11) is 0. The van der Waals surface area contributed by atoms with E-state index in [9.17, 15) is 0 Å². The van der Waals surface area contributed by atoms with Crippen LogP contribution in [0.2, 0.25) is 10.0 Å². The molecule has 1 atom stereocenters. The quantitative estimate of drug-likeness (QED) is 0.914. The molecule has 0 amide bonds. The lowest BCUT2D eigenvalue weighted by Gasteiger charge is -2.11. The molecule has 0 aliphatic carbocycles. The van der Waals surface area contributed by atoms with Crippen molar-refractivity contribution in [2.45, 2.75) is 26.3 Å². The minimum Gasteiger partial charge on any atom is -0.318 e. The number of aryl methyl sites for hydroxylation is 2. The van der Waals surface area contributed by atoms with Gasteiger partial charge in [-0.15, -0.1) is 11.3 Å². The van der Waals surface area contributed by atoms with Gasteiger partial charge in [0.2, 0.25) is 0 Å². The highest BCUT2D eigenvalue weighted by Crippen LogP contribution is 2.31. The van der Waals surface area contributed by atoms with Crippen LogP contribution in [0, 0.1) is 6.92 Å². The number of nitrogens with zero attached hydrogens (tertiary/aromatic N) is 1. The molecule has 1 heterocycles. The second kappa shape index (κ2) is 5.57. The van der Waals surface area contributed by atoms with E-state index < -0.39 is 0 Å². The number of nitrogens with two attached hydrogens (primary N) is 1. The van der Waals surface area contributed by atoms with E-state index in [1.807, 2.05) is 6.07 Å². The fourth-order valence-corrected chi connectivity index (χ4v) is 3.36. The fraction of sp³-hybridized carbons (Fsp3) is 0.308. The van der Waals surface area contributed by atoms with E-state index in [0.29, 0.717) is 10.0 Å². The van der Waals surface area contributed by atoms with Crippen molar-refractivity contribution in [2.24, 2.45) is 5.73 Å². The third-order valence-electron chi connectivity index (χ3n) is 2.81. The summed E-state index contributed by atoms with van der Waals surface area (Å²) in [4.78, 5) is 5.79. The highest BCUT2D eigenvalue weighted by atomic mass is 35.5. The number of hydrogen-bond donors (Lipinski definition) is 1. The van der Waals surface area contributed by atoms with E-state index in [-0.39, 0.29) is 6.04 Å². The first-order valence-corrected chi connectivity index (χ1v) is 7.27. The monoisotopic (exact) mass is 300 g/mol. The summed E-state index contributed by atoms with van der Waals surface area (Å²) >= 11 is 13.7. The third kappa shape index (κ3) is 2.69. The first-order chi connectivity index (χ1) is 8.52. The van der Waals surface area contributed by atoms with Gasteiger partial charge in [0, 0.05) is 14.9 Å². The molecule has 96 valence electrons. The molecule has 0 saturated carbocycles. The Labute approximate surface area is 121 Å². The number of aromatic nitrogens is 1. The summed E-state index contributed by atoms with van der Waals surface area (Å²) in [6.07, 6.45) is 0.920. The summed E-state index contributed by atoms with van der Waals surface area (Å²) in [5.74, 6) is 0. The van der Waals surface area contributed by atoms with Crippen molar-refractivity contribution in [1.29, 1.82) is 0 Å². The minimum atomic E-state index is -0.293. The molecule has 1 aromatic carbocycles. The maximum absolute atomic E-state index is 6.22. The molecule has 0 radical (unpaired) electrons. The van der Waals surface area contributed by atoms with Crippen LogP contribution in [-0.2, 0) is 6.42 Å². The van der Waals surface area contributed by atoms with Crippen molar-refractivity contribution in [3.05, 3.63) is 49.4 Å². The number of hydrogen-bond acceptors (Lipinski definition) is 3. The van der Waals surface area contributed by atoms with Crippen LogP contribution >= 0.6 is 34.5 Å². The number of rotatable bonds is 3. The standard InChI is InChI=1S/C13H14Cl2N2S/c1-3-11-7(2)18-13(17-11)12(16)9-5-4-8(14)6-10(9)15/h4-6,12H,3,16H2,1-2H3. The van der Waals surface area contributed by atoms with Gasteiger partial charge in [-0.3, -0.25) is 0 Å². The van der Waals surface area contributed by atoms with Gasteiger partial charge in [-0.2, -0.15) is 0 Å². The molecule has 18 heavy (non-hydrogen) atoms. The Hall–Kier alpha value is -0.610. The van der Waals surface area contributed by atoms with Crippen molar-refractivity contribution < 1.29 is 0 Å². The number of thiazole rings is 1. The molecule has 1 aromatic heterocycles. The molecule has 0 aliphatic heterocycles. The zero-order chi connectivity index (χ0) is 13.3. The summed E-state index contributed by atoms with van der Waals surface area (Å²) in [5, 5.41) is 2.09. The zero-order valence-electron chi connectivity index (χ0n) is 10.2. The molecule has 2 aromatic rings. The van der Waals surface area contributed by atoms with Crippen molar-refractivity contribution in [3.8, 4) is 0 Å². The summed E-state index contributed by atoms with van der Waals surface area (Å²) in [6, 6.07) is 5.07. The zero-order valence-corrected chi connectivity index (χ0v) is 12.5. The van der Waals surface area contributed by atoms with E-state index in [1.165, 1.54) is 4.88 Å². The van der Waals surface area contributed by atoms with Gasteiger partial charge < -0.3 is 5.73 Å². The molecule has 0 aliphatic rings. The van der Waals surface area contributed by atoms with Crippen molar-refractivity contribution in [3.63, 3.8) is 0 Å². The summed E-state index contributed by atoms with van der Waals surface area (Å²) in [6.45, 7) is 4.16. The van der Waals surface area contributed by atoms with E-state index in [1.54, 1.807) is 23.5 Å². The first kappa shape index (κ1) is 13.8. The molecule has 2 rings (SSSR count). The topological polar surface area (TPSA) is 38.9 Å². The number of halogens is 2. The van der Waals surface area contributed by atoms with Crippen molar-refractivity contribution in [1.82, 2.24) is 4.98 Å². The predicted octanol–water partition coefficient (Wildman–Crippen LogP) is 4.37. The molecule has 0 fully saturated rings. The molecule has 2 N–H and O–H groups in total. The van der Waals surface area contributed by atoms with Crippen molar-refractivity contribution in [2.75, 3.05) is 0 Å². The lowest BCUT2D eigenvalue weighted by Crippen LogP contribution is -2.12. The number of benzene rings is 1. The molecule has 0 bridgehead atoms. The van der Waals surface area contributed by atoms with Gasteiger partial charge in [0.1, 0.15) is 5.01 Å². The Bertz CT molecular complexity index is 566. The van der Waals surface area contributed by atoms with Gasteiger partial charge in [-0.25, -0.2) is 4.98 Å². The van der Waals surface area contributed by atoms with Crippen LogP contribution in [0.15, 0.2) is 18.2 Å². The average molecular weight is 301 g/mol. The molecule has 1 unspecified atom stereocenters. The van der Waals surface area contributed by atoms with Gasteiger partial charge in [0.25, 0.3) is 0 Å². The molecule has 0 spiro atoms. The van der Waals surface area contributed by atoms with Gasteiger partial charge in [0.05, 0.1) is 11.7 Å². The Morgan fingerprint density at radius 2 is 2.11 bits per heavy atom. The smallest absolute Gasteiger partial charge is 0.114 e. The van der Waals surface area contributed by atoms with Crippen molar-refractivity contribution >= 4 is 34.5 Å². The van der Waals surface area contributed by atoms with Gasteiger partial charge in [-0.05, 0) is 31.0 Å². The maximum Gasteiger partial charge on any atom is 0.114 e. The Morgan fingerprint density at radius 1 is 1.39 bits per heavy atom. The first-order valence-electron chi connectivity index (χ1n) is 5.69. The molecule has 5 heteroatoms. The predicted molar refractivity (Wildman–Crippen MR) is 78.7 cm³/mol. The van der Waals surface area contributed by atoms with E-state index in [2.05, 4.69) is 18.8 Å². The highest BCUT2D eigenvalue weighted by molar-refractivity contribution is 7.11. The maximum atomic E-state index is 6.22. The van der Waals surface area contributed by atoms with Crippen LogP contribution in [0.5, 0.6) is 0 Å². The average Bonchev–Trinajstić information content (AvgIpc) is 2.70. The van der Waals surface area contributed by atoms with Gasteiger partial charge in [0.15, 0.2) is 0 Å². The normalized spacial score (nSPS) is 12.7. The lowest BCUT2D eigenvalue weighted by molar-refractivity contribution is 0.844. The SMILES string of the molecule is CCc1nc(C(N)c2ccc(Cl)cc2Cl)sc1C. The van der Waals surface area contributed by atoms with Crippen LogP contribution in [0.25, 0.3) is 0 Å². The van der Waals surface area contributed by atoms with E-state index in [0.717, 1.165) is 22.7 Å². The Morgan fingerprint density at radius 3 is 2.67 bits per heavy atom. The van der Waals surface area contributed by atoms with Crippen LogP contribution in [-0.4, -0.2) is 4.98 Å². The summed E-state index contributed by atoms with van der Waals surface area (Å²) in [5.41, 5.74) is 8.19. The van der Waals surface area contributed by atoms with Crippen LogP contribution in [0.3, 0.4) is 0 Å². The largest absolute Gasteiger partial charge is 0.318 e. The fourth-order valence-electron chi connectivity index (χ4n) is 1.80. The lowest BCUT2D eigenvalue weighted by atomic mass is 10.1.